The second-order valence-corrected chi connectivity index (χ2v) is 2.48. The molecule has 0 aliphatic heterocycles. The van der Waals surface area contributed by atoms with E-state index in [9.17, 15) is 4.79 Å². The highest BCUT2D eigenvalue weighted by molar-refractivity contribution is 6.35. The summed E-state index contributed by atoms with van der Waals surface area (Å²) in [5, 5.41) is 26.1. The standard InChI is InChI=1S/C7H5ClO4/c8-6-4(10)2-1-3(9)5(6)7(11)12/h1-2,9-10H,(H,11,12). The predicted octanol–water partition coefficient (Wildman–Crippen LogP) is 1.45. The van der Waals surface area contributed by atoms with E-state index in [-0.39, 0.29) is 10.8 Å². The summed E-state index contributed by atoms with van der Waals surface area (Å²) in [6, 6.07) is 2.18. The fraction of sp³-hybridized carbons (Fsp3) is 0. The number of hydrogen-bond donors (Lipinski definition) is 3. The average molecular weight is 189 g/mol. The number of carboxylic acid groups (broad SMARTS) is 1. The monoisotopic (exact) mass is 188 g/mol. The zero-order valence-electron chi connectivity index (χ0n) is 5.78. The van der Waals surface area contributed by atoms with E-state index < -0.39 is 17.3 Å². The summed E-state index contributed by atoms with van der Waals surface area (Å²) >= 11 is 5.40. The van der Waals surface area contributed by atoms with Gasteiger partial charge in [0.2, 0.25) is 0 Å². The highest BCUT2D eigenvalue weighted by Gasteiger charge is 2.16. The van der Waals surface area contributed by atoms with E-state index in [1.165, 1.54) is 0 Å². The number of carbonyl (C=O) groups is 1. The van der Waals surface area contributed by atoms with Crippen LogP contribution in [-0.4, -0.2) is 21.3 Å². The summed E-state index contributed by atoms with van der Waals surface area (Å²) in [4.78, 5) is 10.4. The molecule has 0 atom stereocenters. The number of phenols is 2. The molecule has 0 saturated carbocycles. The van der Waals surface area contributed by atoms with Gasteiger partial charge in [0.1, 0.15) is 22.1 Å². The maximum atomic E-state index is 10.4. The number of carboxylic acids is 1. The van der Waals surface area contributed by atoms with E-state index >= 15 is 0 Å². The topological polar surface area (TPSA) is 77.8 Å². The van der Waals surface area contributed by atoms with E-state index in [1.807, 2.05) is 0 Å². The van der Waals surface area contributed by atoms with Crippen LogP contribution < -0.4 is 0 Å². The summed E-state index contributed by atoms with van der Waals surface area (Å²) in [6.07, 6.45) is 0. The average Bonchev–Trinajstić information content (AvgIpc) is 1.97. The van der Waals surface area contributed by atoms with Crippen LogP contribution in [0.4, 0.5) is 0 Å². The van der Waals surface area contributed by atoms with Gasteiger partial charge in [0.15, 0.2) is 0 Å². The van der Waals surface area contributed by atoms with Gasteiger partial charge in [0.05, 0.1) is 0 Å². The predicted molar refractivity (Wildman–Crippen MR) is 41.7 cm³/mol. The molecular weight excluding hydrogens is 184 g/mol. The van der Waals surface area contributed by atoms with Crippen LogP contribution in [-0.2, 0) is 0 Å². The summed E-state index contributed by atoms with van der Waals surface area (Å²) in [5.41, 5.74) is -0.489. The number of hydrogen-bond acceptors (Lipinski definition) is 3. The van der Waals surface area contributed by atoms with Crippen molar-refractivity contribution < 1.29 is 20.1 Å². The molecule has 1 rings (SSSR count). The molecule has 0 spiro atoms. The van der Waals surface area contributed by atoms with Crippen molar-refractivity contribution in [2.24, 2.45) is 0 Å². The van der Waals surface area contributed by atoms with E-state index in [1.54, 1.807) is 0 Å². The second kappa shape index (κ2) is 2.91. The zero-order chi connectivity index (χ0) is 9.30. The van der Waals surface area contributed by atoms with E-state index in [0.29, 0.717) is 0 Å². The SMILES string of the molecule is O=C(O)c1c(O)ccc(O)c1Cl. The van der Waals surface area contributed by atoms with Gasteiger partial charge >= 0.3 is 5.97 Å². The van der Waals surface area contributed by atoms with Crippen molar-refractivity contribution in [3.63, 3.8) is 0 Å². The van der Waals surface area contributed by atoms with Crippen LogP contribution in [0.25, 0.3) is 0 Å². The van der Waals surface area contributed by atoms with E-state index in [2.05, 4.69) is 0 Å². The number of aromatic hydroxyl groups is 2. The van der Waals surface area contributed by atoms with E-state index in [4.69, 9.17) is 26.9 Å². The third-order valence-corrected chi connectivity index (χ3v) is 1.70. The molecule has 1 aromatic carbocycles. The van der Waals surface area contributed by atoms with Gasteiger partial charge in [0, 0.05) is 0 Å². The Labute approximate surface area is 72.6 Å². The Morgan fingerprint density at radius 3 is 2.17 bits per heavy atom. The first-order chi connectivity index (χ1) is 5.54. The molecule has 0 radical (unpaired) electrons. The summed E-state index contributed by atoms with van der Waals surface area (Å²) in [7, 11) is 0. The molecule has 4 nitrogen and oxygen atoms in total. The van der Waals surface area contributed by atoms with Gasteiger partial charge in [-0.15, -0.1) is 0 Å². The van der Waals surface area contributed by atoms with Gasteiger partial charge in [-0.25, -0.2) is 4.79 Å². The Morgan fingerprint density at radius 2 is 1.75 bits per heavy atom. The summed E-state index contributed by atoms with van der Waals surface area (Å²) in [5.74, 6) is -2.22. The lowest BCUT2D eigenvalue weighted by Crippen LogP contribution is -1.97. The molecule has 0 fully saturated rings. The van der Waals surface area contributed by atoms with Crippen molar-refractivity contribution in [1.82, 2.24) is 0 Å². The molecule has 0 aromatic heterocycles. The molecular formula is C7H5ClO4. The fourth-order valence-electron chi connectivity index (χ4n) is 0.758. The van der Waals surface area contributed by atoms with Crippen LogP contribution in [0.2, 0.25) is 5.02 Å². The normalized spacial score (nSPS) is 9.75. The van der Waals surface area contributed by atoms with Crippen molar-refractivity contribution in [2.75, 3.05) is 0 Å². The molecule has 0 bridgehead atoms. The smallest absolute Gasteiger partial charge is 0.341 e. The van der Waals surface area contributed by atoms with Crippen molar-refractivity contribution in [3.8, 4) is 11.5 Å². The number of rotatable bonds is 1. The first-order valence-corrected chi connectivity index (χ1v) is 3.35. The van der Waals surface area contributed by atoms with Crippen LogP contribution >= 0.6 is 11.6 Å². The third-order valence-electron chi connectivity index (χ3n) is 1.31. The van der Waals surface area contributed by atoms with Crippen LogP contribution in [0.3, 0.4) is 0 Å². The number of aromatic carboxylic acids is 1. The first kappa shape index (κ1) is 8.67. The van der Waals surface area contributed by atoms with Crippen molar-refractivity contribution in [1.29, 1.82) is 0 Å². The van der Waals surface area contributed by atoms with Gasteiger partial charge in [-0.05, 0) is 12.1 Å². The van der Waals surface area contributed by atoms with Gasteiger partial charge in [-0.3, -0.25) is 0 Å². The Morgan fingerprint density at radius 1 is 1.25 bits per heavy atom. The molecule has 0 amide bonds. The van der Waals surface area contributed by atoms with Crippen LogP contribution in [0.15, 0.2) is 12.1 Å². The lowest BCUT2D eigenvalue weighted by Gasteiger charge is -2.02. The second-order valence-electron chi connectivity index (χ2n) is 2.10. The molecule has 64 valence electrons. The van der Waals surface area contributed by atoms with Crippen LogP contribution in [0, 0.1) is 0 Å². The highest BCUT2D eigenvalue weighted by Crippen LogP contribution is 2.32. The molecule has 1 aromatic rings. The lowest BCUT2D eigenvalue weighted by atomic mass is 10.2. The van der Waals surface area contributed by atoms with Gasteiger partial charge in [-0.2, -0.15) is 0 Å². The maximum Gasteiger partial charge on any atom is 0.341 e. The fourth-order valence-corrected chi connectivity index (χ4v) is 0.999. The minimum atomic E-state index is -1.38. The van der Waals surface area contributed by atoms with Crippen molar-refractivity contribution >= 4 is 17.6 Å². The molecule has 0 saturated heterocycles. The Balaban J connectivity index is 3.43. The molecule has 0 aliphatic carbocycles. The number of benzene rings is 1. The lowest BCUT2D eigenvalue weighted by molar-refractivity contribution is 0.0693. The third kappa shape index (κ3) is 1.29. The largest absolute Gasteiger partial charge is 0.507 e. The summed E-state index contributed by atoms with van der Waals surface area (Å²) in [6.45, 7) is 0. The van der Waals surface area contributed by atoms with Crippen molar-refractivity contribution in [2.45, 2.75) is 0 Å². The Hall–Kier alpha value is -1.42. The number of phenolic OH excluding ortho intramolecular Hbond substituents is 1. The Bertz CT molecular complexity index is 334. The molecule has 5 heteroatoms. The summed E-state index contributed by atoms with van der Waals surface area (Å²) < 4.78 is 0. The van der Waals surface area contributed by atoms with Crippen LogP contribution in [0.5, 0.6) is 11.5 Å². The molecule has 12 heavy (non-hydrogen) atoms. The maximum absolute atomic E-state index is 10.4. The molecule has 0 heterocycles. The van der Waals surface area contributed by atoms with Crippen LogP contribution in [0.1, 0.15) is 10.4 Å². The zero-order valence-corrected chi connectivity index (χ0v) is 6.54. The highest BCUT2D eigenvalue weighted by atomic mass is 35.5. The Kier molecular flexibility index (Phi) is 2.10. The quantitative estimate of drug-likeness (QED) is 0.583. The minimum Gasteiger partial charge on any atom is -0.507 e. The van der Waals surface area contributed by atoms with E-state index in [0.717, 1.165) is 12.1 Å². The van der Waals surface area contributed by atoms with Gasteiger partial charge in [-0.1, -0.05) is 11.6 Å². The molecule has 0 unspecified atom stereocenters. The van der Waals surface area contributed by atoms with Crippen molar-refractivity contribution in [3.05, 3.63) is 22.7 Å². The first-order valence-electron chi connectivity index (χ1n) is 2.97. The van der Waals surface area contributed by atoms with Gasteiger partial charge in [0.25, 0.3) is 0 Å². The number of halogens is 1. The minimum absolute atomic E-state index is 0.359. The van der Waals surface area contributed by atoms with Gasteiger partial charge < -0.3 is 15.3 Å². The molecule has 0 aliphatic rings. The molecule has 3 N–H and O–H groups in total.